The van der Waals surface area contributed by atoms with E-state index < -0.39 is 6.04 Å². The first kappa shape index (κ1) is 15.1. The summed E-state index contributed by atoms with van der Waals surface area (Å²) in [4.78, 5) is 4.25. The normalized spacial score (nSPS) is 12.0. The van der Waals surface area contributed by atoms with Crippen LogP contribution in [-0.4, -0.2) is 31.5 Å². The molecule has 114 valence electrons. The smallest absolute Gasteiger partial charge is 0.226 e. The molecule has 0 radical (unpaired) electrons. The number of hydrogen-bond acceptors (Lipinski definition) is 7. The van der Waals surface area contributed by atoms with E-state index in [4.69, 9.17) is 24.5 Å². The van der Waals surface area contributed by atoms with E-state index in [1.54, 1.807) is 33.5 Å². The largest absolute Gasteiger partial charge is 0.496 e. The molecule has 1 heterocycles. The lowest BCUT2D eigenvalue weighted by atomic mass is 10.0. The van der Waals surface area contributed by atoms with Crippen molar-refractivity contribution in [3.8, 4) is 17.2 Å². The predicted molar refractivity (Wildman–Crippen MR) is 75.8 cm³/mol. The molecule has 0 saturated heterocycles. The quantitative estimate of drug-likeness (QED) is 0.866. The van der Waals surface area contributed by atoms with Crippen LogP contribution in [0.1, 0.15) is 30.2 Å². The Morgan fingerprint density at radius 2 is 1.76 bits per heavy atom. The van der Waals surface area contributed by atoms with Crippen LogP contribution in [0.2, 0.25) is 0 Å². The molecule has 0 spiro atoms. The number of rotatable bonds is 6. The molecule has 7 nitrogen and oxygen atoms in total. The average Bonchev–Trinajstić information content (AvgIpc) is 3.01. The summed E-state index contributed by atoms with van der Waals surface area (Å²) in [6.07, 6.45) is 0.649. The number of hydrogen-bond donors (Lipinski definition) is 1. The monoisotopic (exact) mass is 293 g/mol. The second-order valence-electron chi connectivity index (χ2n) is 4.32. The fourth-order valence-corrected chi connectivity index (χ4v) is 2.01. The standard InChI is InChI=1S/C14H19N3O4/c1-5-11-16-14(17-21-11)13(15)12-9(19-3)6-8(18-2)7-10(12)20-4/h6-7,13H,5,15H2,1-4H3. The molecule has 0 aliphatic rings. The Labute approximate surface area is 123 Å². The van der Waals surface area contributed by atoms with Crippen molar-refractivity contribution in [3.05, 3.63) is 29.4 Å². The van der Waals surface area contributed by atoms with Crippen molar-refractivity contribution in [2.45, 2.75) is 19.4 Å². The molecule has 2 aromatic rings. The van der Waals surface area contributed by atoms with E-state index in [1.807, 2.05) is 6.92 Å². The summed E-state index contributed by atoms with van der Waals surface area (Å²) < 4.78 is 21.1. The minimum Gasteiger partial charge on any atom is -0.496 e. The highest BCUT2D eigenvalue weighted by Gasteiger charge is 2.24. The molecule has 1 aromatic carbocycles. The molecular formula is C14H19N3O4. The number of ether oxygens (including phenoxy) is 3. The third-order valence-electron chi connectivity index (χ3n) is 3.13. The van der Waals surface area contributed by atoms with Crippen molar-refractivity contribution < 1.29 is 18.7 Å². The van der Waals surface area contributed by atoms with Crippen molar-refractivity contribution in [2.75, 3.05) is 21.3 Å². The molecule has 0 amide bonds. The van der Waals surface area contributed by atoms with Gasteiger partial charge in [-0.05, 0) is 0 Å². The molecule has 1 atom stereocenters. The number of nitrogens with zero attached hydrogens (tertiary/aromatic N) is 2. The average molecular weight is 293 g/mol. The minimum atomic E-state index is -0.621. The Hall–Kier alpha value is -2.28. The van der Waals surface area contributed by atoms with Crippen molar-refractivity contribution in [2.24, 2.45) is 5.73 Å². The highest BCUT2D eigenvalue weighted by molar-refractivity contribution is 5.53. The van der Waals surface area contributed by atoms with Crippen LogP contribution < -0.4 is 19.9 Å². The lowest BCUT2D eigenvalue weighted by molar-refractivity contribution is 0.361. The summed E-state index contributed by atoms with van der Waals surface area (Å²) in [7, 11) is 4.68. The van der Waals surface area contributed by atoms with Gasteiger partial charge in [0.05, 0.1) is 26.9 Å². The topological polar surface area (TPSA) is 92.6 Å². The van der Waals surface area contributed by atoms with Gasteiger partial charge >= 0.3 is 0 Å². The summed E-state index contributed by atoms with van der Waals surface area (Å²) in [5, 5.41) is 3.90. The van der Waals surface area contributed by atoms with Gasteiger partial charge in [-0.2, -0.15) is 4.98 Å². The van der Waals surface area contributed by atoms with E-state index in [0.717, 1.165) is 0 Å². The highest BCUT2D eigenvalue weighted by Crippen LogP contribution is 2.39. The zero-order chi connectivity index (χ0) is 15.4. The summed E-state index contributed by atoms with van der Waals surface area (Å²) in [6.45, 7) is 1.93. The van der Waals surface area contributed by atoms with Gasteiger partial charge in [-0.25, -0.2) is 0 Å². The van der Waals surface area contributed by atoms with Gasteiger partial charge in [-0.1, -0.05) is 12.1 Å². The van der Waals surface area contributed by atoms with Gasteiger partial charge in [0.25, 0.3) is 0 Å². The number of nitrogens with two attached hydrogens (primary N) is 1. The van der Waals surface area contributed by atoms with Gasteiger partial charge in [-0.15, -0.1) is 0 Å². The summed E-state index contributed by atoms with van der Waals surface area (Å²) in [6, 6.07) is 2.85. The Morgan fingerprint density at radius 3 is 2.19 bits per heavy atom. The third kappa shape index (κ3) is 2.92. The maximum absolute atomic E-state index is 6.24. The van der Waals surface area contributed by atoms with Crippen LogP contribution in [0.15, 0.2) is 16.7 Å². The summed E-state index contributed by atoms with van der Waals surface area (Å²) in [5.74, 6) is 2.62. The number of methoxy groups -OCH3 is 3. The fraction of sp³-hybridized carbons (Fsp3) is 0.429. The van der Waals surface area contributed by atoms with Crippen molar-refractivity contribution >= 4 is 0 Å². The van der Waals surface area contributed by atoms with Crippen molar-refractivity contribution in [1.82, 2.24) is 10.1 Å². The number of aromatic nitrogens is 2. The molecule has 1 aromatic heterocycles. The molecule has 7 heteroatoms. The maximum atomic E-state index is 6.24. The van der Waals surface area contributed by atoms with Crippen LogP contribution >= 0.6 is 0 Å². The molecule has 0 aliphatic carbocycles. The highest BCUT2D eigenvalue weighted by atomic mass is 16.5. The van der Waals surface area contributed by atoms with E-state index in [9.17, 15) is 0 Å². The Kier molecular flexibility index (Phi) is 4.64. The van der Waals surface area contributed by atoms with E-state index in [0.29, 0.717) is 40.9 Å². The molecule has 2 N–H and O–H groups in total. The zero-order valence-electron chi connectivity index (χ0n) is 12.5. The molecule has 21 heavy (non-hydrogen) atoms. The van der Waals surface area contributed by atoms with E-state index in [2.05, 4.69) is 10.1 Å². The van der Waals surface area contributed by atoms with Crippen LogP contribution in [0.4, 0.5) is 0 Å². The summed E-state index contributed by atoms with van der Waals surface area (Å²) in [5.41, 5.74) is 6.89. The maximum Gasteiger partial charge on any atom is 0.226 e. The van der Waals surface area contributed by atoms with E-state index in [1.165, 1.54) is 0 Å². The Bertz CT molecular complexity index is 587. The first-order valence-corrected chi connectivity index (χ1v) is 6.52. The first-order valence-electron chi connectivity index (χ1n) is 6.52. The number of benzene rings is 1. The van der Waals surface area contributed by atoms with Gasteiger partial charge in [0.15, 0.2) is 5.82 Å². The van der Waals surface area contributed by atoms with Crippen LogP contribution in [0.3, 0.4) is 0 Å². The molecule has 2 rings (SSSR count). The first-order chi connectivity index (χ1) is 10.1. The lowest BCUT2D eigenvalue weighted by Gasteiger charge is -2.18. The SMILES string of the molecule is CCc1nc(C(N)c2c(OC)cc(OC)cc2OC)no1. The zero-order valence-corrected chi connectivity index (χ0v) is 12.5. The van der Waals surface area contributed by atoms with Crippen LogP contribution in [0.5, 0.6) is 17.2 Å². The van der Waals surface area contributed by atoms with Gasteiger partial charge in [0, 0.05) is 18.6 Å². The summed E-state index contributed by atoms with van der Waals surface area (Å²) >= 11 is 0. The number of aryl methyl sites for hydroxylation is 1. The molecule has 0 saturated carbocycles. The second-order valence-corrected chi connectivity index (χ2v) is 4.32. The van der Waals surface area contributed by atoms with Gasteiger partial charge in [-0.3, -0.25) is 0 Å². The lowest BCUT2D eigenvalue weighted by Crippen LogP contribution is -2.16. The van der Waals surface area contributed by atoms with Crippen molar-refractivity contribution in [1.29, 1.82) is 0 Å². The Balaban J connectivity index is 2.50. The van der Waals surface area contributed by atoms with E-state index in [-0.39, 0.29) is 0 Å². The van der Waals surface area contributed by atoms with Crippen LogP contribution in [-0.2, 0) is 6.42 Å². The second kappa shape index (κ2) is 6.45. The van der Waals surface area contributed by atoms with Crippen molar-refractivity contribution in [3.63, 3.8) is 0 Å². The van der Waals surface area contributed by atoms with E-state index >= 15 is 0 Å². The van der Waals surface area contributed by atoms with Gasteiger partial charge in [0.2, 0.25) is 5.89 Å². The van der Waals surface area contributed by atoms with Crippen LogP contribution in [0, 0.1) is 0 Å². The molecular weight excluding hydrogens is 274 g/mol. The van der Waals surface area contributed by atoms with Gasteiger partial charge in [0.1, 0.15) is 23.3 Å². The fourth-order valence-electron chi connectivity index (χ4n) is 2.01. The van der Waals surface area contributed by atoms with Gasteiger partial charge < -0.3 is 24.5 Å². The van der Waals surface area contributed by atoms with Crippen LogP contribution in [0.25, 0.3) is 0 Å². The predicted octanol–water partition coefficient (Wildman–Crippen LogP) is 1.71. The molecule has 0 aliphatic heterocycles. The Morgan fingerprint density at radius 1 is 1.14 bits per heavy atom. The molecule has 1 unspecified atom stereocenters. The third-order valence-corrected chi connectivity index (χ3v) is 3.13. The minimum absolute atomic E-state index is 0.383. The molecule has 0 fully saturated rings. The molecule has 0 bridgehead atoms.